The quantitative estimate of drug-likeness (QED) is 0.804. The zero-order chi connectivity index (χ0) is 17.1. The number of carbonyl (C=O) groups excluding carboxylic acids is 1. The van der Waals surface area contributed by atoms with E-state index < -0.39 is 45.5 Å². The van der Waals surface area contributed by atoms with E-state index in [4.69, 9.17) is 0 Å². The zero-order valence-corrected chi connectivity index (χ0v) is 12.4. The number of hydrogen-bond acceptors (Lipinski definition) is 5. The molecule has 124 valence electrons. The highest BCUT2D eigenvalue weighted by molar-refractivity contribution is 7.90. The molecule has 1 heterocycles. The van der Waals surface area contributed by atoms with Gasteiger partial charge in [-0.1, -0.05) is 0 Å². The highest BCUT2D eigenvalue weighted by Crippen LogP contribution is 2.17. The Balaban J connectivity index is 2.86. The SMILES string of the molecule is C[C@H](C(=O)NS(=O)(=O)c1ncccc1F)N(C)CC(F)(F)F. The Labute approximate surface area is 124 Å². The molecule has 0 spiro atoms. The van der Waals surface area contributed by atoms with E-state index in [0.29, 0.717) is 4.90 Å². The van der Waals surface area contributed by atoms with Crippen LogP contribution in [0.15, 0.2) is 23.4 Å². The number of nitrogens with one attached hydrogen (secondary N) is 1. The summed E-state index contributed by atoms with van der Waals surface area (Å²) in [6, 6.07) is 0.574. The standard InChI is InChI=1S/C11H13F4N3O3S/c1-7(18(2)6-11(13,14)15)9(19)17-22(20,21)10-8(12)4-3-5-16-10/h3-5,7H,6H2,1-2H3,(H,17,19)/t7-/m1/s1. The molecule has 0 saturated heterocycles. The second kappa shape index (κ2) is 6.57. The number of rotatable bonds is 5. The third-order valence-electron chi connectivity index (χ3n) is 2.68. The maximum atomic E-state index is 13.4. The van der Waals surface area contributed by atoms with Gasteiger partial charge >= 0.3 is 6.18 Å². The van der Waals surface area contributed by atoms with Gasteiger partial charge in [0, 0.05) is 6.20 Å². The highest BCUT2D eigenvalue weighted by Gasteiger charge is 2.34. The smallest absolute Gasteiger partial charge is 0.287 e. The fourth-order valence-corrected chi connectivity index (χ4v) is 2.51. The van der Waals surface area contributed by atoms with Gasteiger partial charge < -0.3 is 0 Å². The number of alkyl halides is 3. The van der Waals surface area contributed by atoms with Crippen LogP contribution in [0.2, 0.25) is 0 Å². The summed E-state index contributed by atoms with van der Waals surface area (Å²) >= 11 is 0. The summed E-state index contributed by atoms with van der Waals surface area (Å²) in [7, 11) is -3.60. The molecule has 0 aliphatic carbocycles. The van der Waals surface area contributed by atoms with Gasteiger partial charge in [0.2, 0.25) is 5.03 Å². The first-order chi connectivity index (χ1) is 9.94. The van der Waals surface area contributed by atoms with E-state index in [0.717, 1.165) is 32.3 Å². The van der Waals surface area contributed by atoms with E-state index in [9.17, 15) is 30.8 Å². The molecule has 11 heteroatoms. The number of likely N-dealkylation sites (N-methyl/N-ethyl adjacent to an activating group) is 1. The van der Waals surface area contributed by atoms with Crippen molar-refractivity contribution in [1.29, 1.82) is 0 Å². The lowest BCUT2D eigenvalue weighted by atomic mass is 10.3. The third kappa shape index (κ3) is 4.91. The molecule has 0 aliphatic rings. The van der Waals surface area contributed by atoms with E-state index in [1.165, 1.54) is 4.72 Å². The van der Waals surface area contributed by atoms with Gasteiger partial charge in [0.1, 0.15) is 0 Å². The largest absolute Gasteiger partial charge is 0.401 e. The molecule has 0 aromatic carbocycles. The van der Waals surface area contributed by atoms with Crippen molar-refractivity contribution in [1.82, 2.24) is 14.6 Å². The number of aromatic nitrogens is 1. The topological polar surface area (TPSA) is 79.4 Å². The first kappa shape index (κ1) is 18.3. The van der Waals surface area contributed by atoms with Crippen LogP contribution in [0.25, 0.3) is 0 Å². The Morgan fingerprint density at radius 3 is 2.55 bits per heavy atom. The Morgan fingerprint density at radius 1 is 1.45 bits per heavy atom. The van der Waals surface area contributed by atoms with Crippen LogP contribution in [0, 0.1) is 5.82 Å². The number of sulfonamides is 1. The van der Waals surface area contributed by atoms with Gasteiger partial charge in [0.15, 0.2) is 5.82 Å². The van der Waals surface area contributed by atoms with Gasteiger partial charge in [-0.25, -0.2) is 14.1 Å². The predicted octanol–water partition coefficient (Wildman–Crippen LogP) is 0.908. The number of carbonyl (C=O) groups is 1. The Hall–Kier alpha value is -1.75. The summed E-state index contributed by atoms with van der Waals surface area (Å²) in [6.07, 6.45) is -3.55. The minimum atomic E-state index is -4.61. The lowest BCUT2D eigenvalue weighted by Gasteiger charge is -2.24. The van der Waals surface area contributed by atoms with E-state index >= 15 is 0 Å². The Bertz CT molecular complexity index is 648. The van der Waals surface area contributed by atoms with E-state index in [-0.39, 0.29) is 0 Å². The molecule has 1 aromatic rings. The van der Waals surface area contributed by atoms with Gasteiger partial charge in [0.25, 0.3) is 15.9 Å². The Kier molecular flexibility index (Phi) is 5.46. The number of amides is 1. The number of hydrogen-bond donors (Lipinski definition) is 1. The molecule has 0 aliphatic heterocycles. The van der Waals surface area contributed by atoms with Gasteiger partial charge in [-0.2, -0.15) is 21.6 Å². The summed E-state index contributed by atoms with van der Waals surface area (Å²) in [4.78, 5) is 15.6. The van der Waals surface area contributed by atoms with Crippen molar-refractivity contribution in [3.05, 3.63) is 24.1 Å². The van der Waals surface area contributed by atoms with Crippen molar-refractivity contribution >= 4 is 15.9 Å². The van der Waals surface area contributed by atoms with Crippen LogP contribution in [-0.2, 0) is 14.8 Å². The van der Waals surface area contributed by atoms with Crippen molar-refractivity contribution in [3.8, 4) is 0 Å². The van der Waals surface area contributed by atoms with Crippen LogP contribution in [-0.4, -0.2) is 50.0 Å². The molecular weight excluding hydrogens is 330 g/mol. The molecule has 0 radical (unpaired) electrons. The summed E-state index contributed by atoms with van der Waals surface area (Å²) in [5.41, 5.74) is 0. The third-order valence-corrected chi connectivity index (χ3v) is 3.96. The van der Waals surface area contributed by atoms with E-state index in [1.54, 1.807) is 0 Å². The normalized spacial score (nSPS) is 14.0. The number of pyridine rings is 1. The van der Waals surface area contributed by atoms with Crippen LogP contribution in [0.3, 0.4) is 0 Å². The van der Waals surface area contributed by atoms with Gasteiger partial charge in [-0.3, -0.25) is 9.69 Å². The van der Waals surface area contributed by atoms with Crippen molar-refractivity contribution in [3.63, 3.8) is 0 Å². The second-order valence-electron chi connectivity index (χ2n) is 4.47. The van der Waals surface area contributed by atoms with Crippen LogP contribution in [0.5, 0.6) is 0 Å². The molecule has 0 saturated carbocycles. The molecule has 1 amide bonds. The summed E-state index contributed by atoms with van der Waals surface area (Å²) in [5, 5.41) is -1.01. The highest BCUT2D eigenvalue weighted by atomic mass is 32.2. The molecule has 0 bridgehead atoms. The molecule has 6 nitrogen and oxygen atoms in total. The first-order valence-electron chi connectivity index (χ1n) is 5.88. The van der Waals surface area contributed by atoms with Gasteiger partial charge in [0.05, 0.1) is 12.6 Å². The molecule has 1 aromatic heterocycles. The first-order valence-corrected chi connectivity index (χ1v) is 7.36. The van der Waals surface area contributed by atoms with Crippen LogP contribution >= 0.6 is 0 Å². The Morgan fingerprint density at radius 2 is 2.05 bits per heavy atom. The second-order valence-corrected chi connectivity index (χ2v) is 6.06. The van der Waals surface area contributed by atoms with Crippen molar-refractivity contribution in [2.45, 2.75) is 24.2 Å². The average molecular weight is 343 g/mol. The average Bonchev–Trinajstić information content (AvgIpc) is 2.35. The van der Waals surface area contributed by atoms with Crippen molar-refractivity contribution in [2.24, 2.45) is 0 Å². The maximum Gasteiger partial charge on any atom is 0.401 e. The molecule has 1 atom stereocenters. The fourth-order valence-electron chi connectivity index (χ4n) is 1.45. The zero-order valence-electron chi connectivity index (χ0n) is 11.6. The lowest BCUT2D eigenvalue weighted by molar-refractivity contribution is -0.150. The van der Waals surface area contributed by atoms with Crippen LogP contribution < -0.4 is 4.72 Å². The maximum absolute atomic E-state index is 13.4. The van der Waals surface area contributed by atoms with E-state index in [1.807, 2.05) is 0 Å². The fraction of sp³-hybridized carbons (Fsp3) is 0.455. The number of nitrogens with zero attached hydrogens (tertiary/aromatic N) is 2. The summed E-state index contributed by atoms with van der Waals surface area (Å²) in [5.74, 6) is -2.41. The molecule has 1 rings (SSSR count). The van der Waals surface area contributed by atoms with Gasteiger partial charge in [-0.15, -0.1) is 0 Å². The van der Waals surface area contributed by atoms with Crippen molar-refractivity contribution in [2.75, 3.05) is 13.6 Å². The van der Waals surface area contributed by atoms with Crippen LogP contribution in [0.4, 0.5) is 17.6 Å². The molecular formula is C11H13F4N3O3S. The number of halogens is 4. The predicted molar refractivity (Wildman–Crippen MR) is 67.7 cm³/mol. The summed E-state index contributed by atoms with van der Waals surface area (Å²) < 4.78 is 75.2. The summed E-state index contributed by atoms with van der Waals surface area (Å²) in [6.45, 7) is -0.315. The minimum absolute atomic E-state index is 0.611. The molecule has 1 N–H and O–H groups in total. The lowest BCUT2D eigenvalue weighted by Crippen LogP contribution is -2.48. The van der Waals surface area contributed by atoms with Crippen molar-refractivity contribution < 1.29 is 30.8 Å². The molecule has 0 unspecified atom stereocenters. The van der Waals surface area contributed by atoms with E-state index in [2.05, 4.69) is 4.98 Å². The molecule has 22 heavy (non-hydrogen) atoms. The molecule has 0 fully saturated rings. The monoisotopic (exact) mass is 343 g/mol. The van der Waals surface area contributed by atoms with Crippen LogP contribution in [0.1, 0.15) is 6.92 Å². The minimum Gasteiger partial charge on any atom is -0.287 e. The van der Waals surface area contributed by atoms with Gasteiger partial charge in [-0.05, 0) is 26.1 Å².